The van der Waals surface area contributed by atoms with Crippen molar-refractivity contribution in [3.05, 3.63) is 53.4 Å². The molecule has 0 saturated carbocycles. The first-order chi connectivity index (χ1) is 13.4. The number of sulfonamides is 1. The second-order valence-corrected chi connectivity index (χ2v) is 8.49. The summed E-state index contributed by atoms with van der Waals surface area (Å²) in [6.45, 7) is 1.26. The molecule has 3 aromatic rings. The Labute approximate surface area is 166 Å². The van der Waals surface area contributed by atoms with Gasteiger partial charge in [-0.15, -0.1) is 0 Å². The summed E-state index contributed by atoms with van der Waals surface area (Å²) >= 11 is 6.17. The fraction of sp³-hybridized carbons (Fsp3) is 0.222. The second kappa shape index (κ2) is 7.51. The summed E-state index contributed by atoms with van der Waals surface area (Å²) in [5.74, 6) is -0.437. The largest absolute Gasteiger partial charge is 0.443 e. The van der Waals surface area contributed by atoms with E-state index in [-0.39, 0.29) is 28.7 Å². The molecule has 1 aliphatic rings. The van der Waals surface area contributed by atoms with Gasteiger partial charge in [0.25, 0.3) is 5.91 Å². The van der Waals surface area contributed by atoms with Gasteiger partial charge in [-0.25, -0.2) is 13.4 Å². The van der Waals surface area contributed by atoms with Crippen LogP contribution in [-0.2, 0) is 14.8 Å². The number of oxazole rings is 1. The highest BCUT2D eigenvalue weighted by atomic mass is 35.5. The van der Waals surface area contributed by atoms with E-state index in [9.17, 15) is 13.2 Å². The Hall–Kier alpha value is -2.46. The lowest BCUT2D eigenvalue weighted by Crippen LogP contribution is -2.40. The predicted octanol–water partition coefficient (Wildman–Crippen LogP) is 2.75. The number of anilines is 1. The van der Waals surface area contributed by atoms with Gasteiger partial charge in [-0.05, 0) is 36.4 Å². The molecular formula is C18H16ClN3O5S. The van der Waals surface area contributed by atoms with Gasteiger partial charge in [0, 0.05) is 18.7 Å². The molecule has 2 heterocycles. The quantitative estimate of drug-likeness (QED) is 0.695. The summed E-state index contributed by atoms with van der Waals surface area (Å²) in [5.41, 5.74) is 1.66. The van der Waals surface area contributed by atoms with Gasteiger partial charge in [0.15, 0.2) is 12.0 Å². The average Bonchev–Trinajstić information content (AvgIpc) is 3.18. The number of fused-ring (bicyclic) bond motifs is 1. The minimum Gasteiger partial charge on any atom is -0.443 e. The average molecular weight is 422 g/mol. The molecule has 1 aliphatic heterocycles. The van der Waals surface area contributed by atoms with Crippen molar-refractivity contribution >= 4 is 44.3 Å². The van der Waals surface area contributed by atoms with Gasteiger partial charge in [0.2, 0.25) is 10.0 Å². The number of aromatic nitrogens is 1. The third-order valence-electron chi connectivity index (χ3n) is 4.39. The second-order valence-electron chi connectivity index (χ2n) is 6.15. The number of rotatable bonds is 4. The molecule has 0 radical (unpaired) electrons. The van der Waals surface area contributed by atoms with Crippen molar-refractivity contribution < 1.29 is 22.4 Å². The molecule has 28 heavy (non-hydrogen) atoms. The van der Waals surface area contributed by atoms with E-state index in [1.165, 1.54) is 28.9 Å². The maximum atomic E-state index is 12.8. The first kappa shape index (κ1) is 18.9. The number of halogens is 1. The van der Waals surface area contributed by atoms with Crippen LogP contribution in [0.2, 0.25) is 5.02 Å². The lowest BCUT2D eigenvalue weighted by molar-refractivity contribution is 0.0730. The maximum absolute atomic E-state index is 12.8. The predicted molar refractivity (Wildman–Crippen MR) is 103 cm³/mol. The summed E-state index contributed by atoms with van der Waals surface area (Å²) in [6, 6.07) is 9.04. The van der Waals surface area contributed by atoms with Crippen LogP contribution in [0.3, 0.4) is 0 Å². The minimum atomic E-state index is -3.70. The normalized spacial score (nSPS) is 15.6. The Morgan fingerprint density at radius 1 is 1.14 bits per heavy atom. The third kappa shape index (κ3) is 3.61. The summed E-state index contributed by atoms with van der Waals surface area (Å²) < 4.78 is 37.4. The highest BCUT2D eigenvalue weighted by molar-refractivity contribution is 7.89. The van der Waals surface area contributed by atoms with Crippen molar-refractivity contribution in [1.29, 1.82) is 0 Å². The van der Waals surface area contributed by atoms with E-state index in [1.807, 2.05) is 0 Å². The molecule has 0 bridgehead atoms. The molecule has 0 unspecified atom stereocenters. The van der Waals surface area contributed by atoms with Crippen LogP contribution in [0.25, 0.3) is 11.1 Å². The summed E-state index contributed by atoms with van der Waals surface area (Å²) in [6.07, 6.45) is 1.29. The van der Waals surface area contributed by atoms with Crippen LogP contribution in [0.5, 0.6) is 0 Å². The van der Waals surface area contributed by atoms with Gasteiger partial charge in [-0.1, -0.05) is 11.6 Å². The standard InChI is InChI=1S/C18H16ClN3O5S/c19-14-3-2-13(28(24,25)22-5-7-26-8-6-22)10-15(14)21-18(23)12-1-4-17-16(9-12)20-11-27-17/h1-4,9-11H,5-8H2,(H,21,23). The van der Waals surface area contributed by atoms with Crippen molar-refractivity contribution in [1.82, 2.24) is 9.29 Å². The maximum Gasteiger partial charge on any atom is 0.255 e. The van der Waals surface area contributed by atoms with E-state index in [2.05, 4.69) is 10.3 Å². The molecule has 4 rings (SSSR count). The van der Waals surface area contributed by atoms with Crippen LogP contribution in [0, 0.1) is 0 Å². The highest BCUT2D eigenvalue weighted by Gasteiger charge is 2.27. The van der Waals surface area contributed by atoms with Gasteiger partial charge in [0.05, 0.1) is 28.8 Å². The van der Waals surface area contributed by atoms with Crippen molar-refractivity contribution in [3.8, 4) is 0 Å². The molecule has 0 aliphatic carbocycles. The van der Waals surface area contributed by atoms with E-state index >= 15 is 0 Å². The molecule has 1 N–H and O–H groups in total. The van der Waals surface area contributed by atoms with Crippen LogP contribution in [0.15, 0.2) is 52.1 Å². The van der Waals surface area contributed by atoms with E-state index in [0.717, 1.165) is 0 Å². The number of carbonyl (C=O) groups is 1. The Kier molecular flexibility index (Phi) is 5.07. The monoisotopic (exact) mass is 421 g/mol. The number of nitrogens with zero attached hydrogens (tertiary/aromatic N) is 2. The summed E-state index contributed by atoms with van der Waals surface area (Å²) in [7, 11) is -3.70. The van der Waals surface area contributed by atoms with Crippen molar-refractivity contribution in [2.45, 2.75) is 4.90 Å². The van der Waals surface area contributed by atoms with Crippen molar-refractivity contribution in [2.75, 3.05) is 31.6 Å². The Balaban J connectivity index is 1.60. The molecule has 1 saturated heterocycles. The Morgan fingerprint density at radius 2 is 1.93 bits per heavy atom. The number of amides is 1. The molecule has 2 aromatic carbocycles. The summed E-state index contributed by atoms with van der Waals surface area (Å²) in [5, 5.41) is 2.90. The fourth-order valence-electron chi connectivity index (χ4n) is 2.89. The van der Waals surface area contributed by atoms with Gasteiger partial charge in [-0.2, -0.15) is 4.31 Å². The molecule has 0 spiro atoms. The van der Waals surface area contributed by atoms with Crippen molar-refractivity contribution in [2.24, 2.45) is 0 Å². The molecule has 1 amide bonds. The van der Waals surface area contributed by atoms with Crippen molar-refractivity contribution in [3.63, 3.8) is 0 Å². The third-order valence-corrected chi connectivity index (χ3v) is 6.61. The lowest BCUT2D eigenvalue weighted by Gasteiger charge is -2.26. The van der Waals surface area contributed by atoms with Gasteiger partial charge < -0.3 is 14.5 Å². The van der Waals surface area contributed by atoms with E-state index in [4.69, 9.17) is 20.8 Å². The first-order valence-electron chi connectivity index (χ1n) is 8.47. The summed E-state index contributed by atoms with van der Waals surface area (Å²) in [4.78, 5) is 16.7. The molecular weight excluding hydrogens is 406 g/mol. The Bertz CT molecular complexity index is 1140. The van der Waals surface area contributed by atoms with Gasteiger partial charge in [0.1, 0.15) is 5.52 Å². The van der Waals surface area contributed by atoms with E-state index < -0.39 is 15.9 Å². The minimum absolute atomic E-state index is 0.0565. The number of carbonyl (C=O) groups excluding carboxylic acids is 1. The topological polar surface area (TPSA) is 102 Å². The van der Waals surface area contributed by atoms with E-state index in [1.54, 1.807) is 18.2 Å². The van der Waals surface area contributed by atoms with Crippen LogP contribution in [0.4, 0.5) is 5.69 Å². The zero-order valence-corrected chi connectivity index (χ0v) is 16.2. The van der Waals surface area contributed by atoms with Gasteiger partial charge in [-0.3, -0.25) is 4.79 Å². The zero-order chi connectivity index (χ0) is 19.7. The fourth-order valence-corrected chi connectivity index (χ4v) is 4.49. The van der Waals surface area contributed by atoms with E-state index in [0.29, 0.717) is 29.9 Å². The first-order valence-corrected chi connectivity index (χ1v) is 10.3. The van der Waals surface area contributed by atoms with Crippen LogP contribution >= 0.6 is 11.6 Å². The lowest BCUT2D eigenvalue weighted by atomic mass is 10.2. The number of morpholine rings is 1. The Morgan fingerprint density at radius 3 is 2.71 bits per heavy atom. The zero-order valence-electron chi connectivity index (χ0n) is 14.6. The molecule has 8 nitrogen and oxygen atoms in total. The smallest absolute Gasteiger partial charge is 0.255 e. The van der Waals surface area contributed by atoms with Gasteiger partial charge >= 0.3 is 0 Å². The molecule has 1 fully saturated rings. The highest BCUT2D eigenvalue weighted by Crippen LogP contribution is 2.28. The molecule has 10 heteroatoms. The molecule has 146 valence electrons. The SMILES string of the molecule is O=C(Nc1cc(S(=O)(=O)N2CCOCC2)ccc1Cl)c1ccc2ocnc2c1. The number of hydrogen-bond acceptors (Lipinski definition) is 6. The number of nitrogens with one attached hydrogen (secondary N) is 1. The number of hydrogen-bond donors (Lipinski definition) is 1. The number of benzene rings is 2. The number of ether oxygens (including phenoxy) is 1. The molecule has 0 atom stereocenters. The van der Waals surface area contributed by atoms with Crippen LogP contribution < -0.4 is 5.32 Å². The van der Waals surface area contributed by atoms with Crippen LogP contribution in [-0.4, -0.2) is 49.9 Å². The molecule has 1 aromatic heterocycles. The van der Waals surface area contributed by atoms with Crippen LogP contribution in [0.1, 0.15) is 10.4 Å².